The van der Waals surface area contributed by atoms with E-state index in [0.717, 1.165) is 38.5 Å². The molecule has 0 amide bonds. The fraction of sp³-hybridized carbons (Fsp3) is 0.842. The molecule has 0 saturated heterocycles. The van der Waals surface area contributed by atoms with E-state index in [4.69, 9.17) is 0 Å². The van der Waals surface area contributed by atoms with E-state index in [1.165, 1.54) is 5.57 Å². The molecule has 0 unspecified atom stereocenters. The summed E-state index contributed by atoms with van der Waals surface area (Å²) in [6.07, 6.45) is 6.50. The summed E-state index contributed by atoms with van der Waals surface area (Å²) < 4.78 is 13.9. The molecule has 1 N–H and O–H groups in total. The maximum absolute atomic E-state index is 13.9. The van der Waals surface area contributed by atoms with Crippen molar-refractivity contribution in [3.8, 4) is 0 Å². The van der Waals surface area contributed by atoms with E-state index in [0.29, 0.717) is 42.3 Å². The van der Waals surface area contributed by atoms with Gasteiger partial charge in [0.2, 0.25) is 0 Å². The molecule has 2 saturated carbocycles. The zero-order valence-corrected chi connectivity index (χ0v) is 13.5. The predicted octanol–water partition coefficient (Wildman–Crippen LogP) is 3.83. The molecule has 4 aliphatic carbocycles. The van der Waals surface area contributed by atoms with Crippen molar-refractivity contribution in [3.05, 3.63) is 11.1 Å². The van der Waals surface area contributed by atoms with E-state index >= 15 is 0 Å². The molecular formula is C19H27FO2. The Morgan fingerprint density at radius 2 is 2.09 bits per heavy atom. The van der Waals surface area contributed by atoms with Crippen molar-refractivity contribution in [1.82, 2.24) is 0 Å². The molecule has 6 atom stereocenters. The fourth-order valence-electron chi connectivity index (χ4n) is 6.51. The summed E-state index contributed by atoms with van der Waals surface area (Å²) in [7, 11) is 0. The van der Waals surface area contributed by atoms with E-state index in [1.807, 2.05) is 0 Å². The average Bonchev–Trinajstić information content (AvgIpc) is 2.84. The lowest BCUT2D eigenvalue weighted by molar-refractivity contribution is -0.119. The molecule has 4 aliphatic rings. The van der Waals surface area contributed by atoms with Crippen molar-refractivity contribution < 1.29 is 14.3 Å². The minimum atomic E-state index is -0.460. The summed E-state index contributed by atoms with van der Waals surface area (Å²) in [6.45, 7) is 1.93. The summed E-state index contributed by atoms with van der Waals surface area (Å²) in [5, 5.41) is 10.4. The molecule has 0 bridgehead atoms. The summed E-state index contributed by atoms with van der Waals surface area (Å²) in [4.78, 5) is 11.8. The van der Waals surface area contributed by atoms with Crippen LogP contribution in [0.4, 0.5) is 4.39 Å². The van der Waals surface area contributed by atoms with Gasteiger partial charge in [0.1, 0.15) is 5.78 Å². The van der Waals surface area contributed by atoms with Crippen LogP contribution in [0.3, 0.4) is 0 Å². The van der Waals surface area contributed by atoms with Gasteiger partial charge in [0.05, 0.1) is 12.8 Å². The molecule has 0 aromatic carbocycles. The Kier molecular flexibility index (Phi) is 3.48. The zero-order valence-electron chi connectivity index (χ0n) is 13.5. The third kappa shape index (κ3) is 1.90. The van der Waals surface area contributed by atoms with E-state index in [1.54, 1.807) is 5.57 Å². The van der Waals surface area contributed by atoms with Crippen LogP contribution in [0.25, 0.3) is 0 Å². The molecule has 2 nitrogen and oxygen atoms in total. The second-order valence-corrected chi connectivity index (χ2v) is 8.31. The van der Waals surface area contributed by atoms with Crippen LogP contribution < -0.4 is 0 Å². The molecule has 22 heavy (non-hydrogen) atoms. The molecular weight excluding hydrogens is 279 g/mol. The molecule has 0 aromatic heterocycles. The number of alkyl halides is 1. The van der Waals surface area contributed by atoms with Gasteiger partial charge in [-0.2, -0.15) is 0 Å². The van der Waals surface area contributed by atoms with Gasteiger partial charge in [0, 0.05) is 18.3 Å². The summed E-state index contributed by atoms with van der Waals surface area (Å²) in [5.74, 6) is 2.34. The van der Waals surface area contributed by atoms with Crippen LogP contribution in [0.1, 0.15) is 58.3 Å². The van der Waals surface area contributed by atoms with Crippen molar-refractivity contribution >= 4 is 5.78 Å². The lowest BCUT2D eigenvalue weighted by Crippen LogP contribution is -2.50. The standard InChI is InChI=1S/C19H27FO2/c1-11-8-12-9-13(21)2-3-14(12)15-6-7-19(10-20)16(18(11)15)4-5-17(19)22/h11,15-18,22H,2-10H2,1H3/t11-,15-,16+,17+,18-,19-/m1/s1. The van der Waals surface area contributed by atoms with Crippen LogP contribution in [0, 0.1) is 29.1 Å². The highest BCUT2D eigenvalue weighted by molar-refractivity contribution is 5.82. The van der Waals surface area contributed by atoms with Crippen molar-refractivity contribution in [2.75, 3.05) is 6.67 Å². The summed E-state index contributed by atoms with van der Waals surface area (Å²) >= 11 is 0. The molecule has 0 radical (unpaired) electrons. The second kappa shape index (κ2) is 5.15. The van der Waals surface area contributed by atoms with Gasteiger partial charge < -0.3 is 5.11 Å². The highest BCUT2D eigenvalue weighted by Crippen LogP contribution is 2.62. The van der Waals surface area contributed by atoms with E-state index in [-0.39, 0.29) is 6.67 Å². The van der Waals surface area contributed by atoms with Crippen LogP contribution in [0.15, 0.2) is 11.1 Å². The molecule has 0 aliphatic heterocycles. The van der Waals surface area contributed by atoms with Gasteiger partial charge in [-0.1, -0.05) is 18.1 Å². The first-order valence-electron chi connectivity index (χ1n) is 9.03. The topological polar surface area (TPSA) is 37.3 Å². The lowest BCUT2D eigenvalue weighted by atomic mass is 9.51. The number of aliphatic hydroxyl groups is 1. The first-order chi connectivity index (χ1) is 10.6. The maximum atomic E-state index is 13.9. The number of aliphatic hydroxyl groups excluding tert-OH is 1. The predicted molar refractivity (Wildman–Crippen MR) is 83.0 cm³/mol. The van der Waals surface area contributed by atoms with E-state index in [2.05, 4.69) is 6.92 Å². The van der Waals surface area contributed by atoms with Crippen LogP contribution in [-0.2, 0) is 4.79 Å². The number of ketones is 1. The molecule has 122 valence electrons. The third-order valence-corrected chi connectivity index (χ3v) is 7.46. The molecule has 0 aromatic rings. The molecule has 0 spiro atoms. The SMILES string of the molecule is C[C@@H]1CC2=C(CCC(=O)C2)[C@H]2CC[C@]3(CF)[C@@H](O)CC[C@H]3[C@H]12. The Bertz CT molecular complexity index is 526. The number of halogens is 1. The summed E-state index contributed by atoms with van der Waals surface area (Å²) in [5.41, 5.74) is 2.51. The quantitative estimate of drug-likeness (QED) is 0.748. The van der Waals surface area contributed by atoms with Crippen LogP contribution in [0.2, 0.25) is 0 Å². The highest BCUT2D eigenvalue weighted by atomic mass is 19.1. The van der Waals surface area contributed by atoms with Crippen molar-refractivity contribution in [1.29, 1.82) is 0 Å². The lowest BCUT2D eigenvalue weighted by Gasteiger charge is -2.53. The van der Waals surface area contributed by atoms with E-state index in [9.17, 15) is 14.3 Å². The van der Waals surface area contributed by atoms with Crippen molar-refractivity contribution in [2.24, 2.45) is 29.1 Å². The Labute approximate surface area is 132 Å². The van der Waals surface area contributed by atoms with Gasteiger partial charge >= 0.3 is 0 Å². The van der Waals surface area contributed by atoms with Crippen LogP contribution >= 0.6 is 0 Å². The zero-order chi connectivity index (χ0) is 15.5. The number of fused-ring (bicyclic) bond motifs is 4. The minimum Gasteiger partial charge on any atom is -0.392 e. The number of rotatable bonds is 1. The molecule has 3 heteroatoms. The van der Waals surface area contributed by atoms with Gasteiger partial charge in [-0.25, -0.2) is 0 Å². The molecule has 4 rings (SSSR count). The Hall–Kier alpha value is -0.700. The van der Waals surface area contributed by atoms with Gasteiger partial charge in [-0.05, 0) is 62.2 Å². The largest absolute Gasteiger partial charge is 0.392 e. The smallest absolute Gasteiger partial charge is 0.137 e. The first-order valence-corrected chi connectivity index (χ1v) is 9.03. The molecule has 0 heterocycles. The number of carbonyl (C=O) groups is 1. The number of hydrogen-bond acceptors (Lipinski definition) is 2. The Morgan fingerprint density at radius 1 is 1.27 bits per heavy atom. The van der Waals surface area contributed by atoms with E-state index < -0.39 is 11.5 Å². The highest BCUT2D eigenvalue weighted by Gasteiger charge is 2.58. The van der Waals surface area contributed by atoms with Gasteiger partial charge in [-0.15, -0.1) is 0 Å². The Balaban J connectivity index is 1.70. The van der Waals surface area contributed by atoms with Crippen LogP contribution in [-0.4, -0.2) is 23.7 Å². The first kappa shape index (κ1) is 14.9. The van der Waals surface area contributed by atoms with Crippen molar-refractivity contribution in [3.63, 3.8) is 0 Å². The van der Waals surface area contributed by atoms with Gasteiger partial charge in [0.15, 0.2) is 0 Å². The number of hydrogen-bond donors (Lipinski definition) is 1. The normalized spacial score (nSPS) is 48.0. The monoisotopic (exact) mass is 306 g/mol. The number of carbonyl (C=O) groups excluding carboxylic acids is 1. The minimum absolute atomic E-state index is 0.341. The number of Topliss-reactive ketones (excluding diaryl/α,β-unsaturated/α-hetero) is 1. The van der Waals surface area contributed by atoms with Gasteiger partial charge in [-0.3, -0.25) is 9.18 Å². The maximum Gasteiger partial charge on any atom is 0.137 e. The molecule has 2 fully saturated rings. The van der Waals surface area contributed by atoms with Gasteiger partial charge in [0.25, 0.3) is 0 Å². The average molecular weight is 306 g/mol. The second-order valence-electron chi connectivity index (χ2n) is 8.31. The van der Waals surface area contributed by atoms with Crippen molar-refractivity contribution in [2.45, 2.75) is 64.4 Å². The van der Waals surface area contributed by atoms with Crippen LogP contribution in [0.5, 0.6) is 0 Å². The fourth-order valence-corrected chi connectivity index (χ4v) is 6.51. The summed E-state index contributed by atoms with van der Waals surface area (Å²) in [6, 6.07) is 0. The third-order valence-electron chi connectivity index (χ3n) is 7.46. The Morgan fingerprint density at radius 3 is 2.86 bits per heavy atom. The number of allylic oxidation sites excluding steroid dienone is 2.